The van der Waals surface area contributed by atoms with Crippen molar-refractivity contribution >= 4 is 0 Å². The van der Waals surface area contributed by atoms with Crippen LogP contribution in [0, 0.1) is 0 Å². The summed E-state index contributed by atoms with van der Waals surface area (Å²) < 4.78 is 5.28. The molecule has 2 heterocycles. The van der Waals surface area contributed by atoms with Crippen LogP contribution in [0.4, 0.5) is 0 Å². The van der Waals surface area contributed by atoms with Crippen LogP contribution in [0.1, 0.15) is 25.5 Å². The van der Waals surface area contributed by atoms with E-state index in [1.807, 2.05) is 12.1 Å². The smallest absolute Gasteiger partial charge is 0.117 e. The van der Waals surface area contributed by atoms with Crippen molar-refractivity contribution < 1.29 is 4.42 Å². The first-order chi connectivity index (χ1) is 7.40. The van der Waals surface area contributed by atoms with Crippen LogP contribution in [0.25, 0.3) is 0 Å². The van der Waals surface area contributed by atoms with Crippen LogP contribution in [0.3, 0.4) is 0 Å². The predicted molar refractivity (Wildman–Crippen MR) is 60.7 cm³/mol. The van der Waals surface area contributed by atoms with Crippen LogP contribution in [-0.4, -0.2) is 30.6 Å². The molecule has 0 aromatic carbocycles. The highest BCUT2D eigenvalue weighted by Crippen LogP contribution is 2.15. The zero-order valence-corrected chi connectivity index (χ0v) is 9.41. The Kier molecular flexibility index (Phi) is 3.80. The minimum Gasteiger partial charge on any atom is -0.468 e. The lowest BCUT2D eigenvalue weighted by atomic mass is 10.2. The maximum Gasteiger partial charge on any atom is 0.117 e. The quantitative estimate of drug-likeness (QED) is 0.800. The third-order valence-corrected chi connectivity index (χ3v) is 3.16. The van der Waals surface area contributed by atoms with Gasteiger partial charge in [-0.15, -0.1) is 0 Å². The molecule has 0 bridgehead atoms. The van der Waals surface area contributed by atoms with Gasteiger partial charge in [-0.2, -0.15) is 0 Å². The van der Waals surface area contributed by atoms with Gasteiger partial charge in [-0.1, -0.05) is 6.92 Å². The molecule has 1 aromatic heterocycles. The molecule has 1 aliphatic heterocycles. The van der Waals surface area contributed by atoms with Gasteiger partial charge in [0.25, 0.3) is 0 Å². The van der Waals surface area contributed by atoms with E-state index in [2.05, 4.69) is 17.1 Å². The summed E-state index contributed by atoms with van der Waals surface area (Å²) in [6, 6.07) is 4.68. The summed E-state index contributed by atoms with van der Waals surface area (Å²) in [7, 11) is 0. The van der Waals surface area contributed by atoms with Crippen LogP contribution >= 0.6 is 0 Å². The van der Waals surface area contributed by atoms with E-state index in [1.54, 1.807) is 6.26 Å². The molecule has 1 fully saturated rings. The van der Waals surface area contributed by atoms with Crippen LogP contribution in [0.15, 0.2) is 22.8 Å². The van der Waals surface area contributed by atoms with E-state index in [0.29, 0.717) is 0 Å². The van der Waals surface area contributed by atoms with Gasteiger partial charge in [0, 0.05) is 12.6 Å². The highest BCUT2D eigenvalue weighted by molar-refractivity contribution is 4.97. The van der Waals surface area contributed by atoms with Crippen LogP contribution in [-0.2, 0) is 6.54 Å². The van der Waals surface area contributed by atoms with Crippen molar-refractivity contribution in [3.63, 3.8) is 0 Å². The minimum absolute atomic E-state index is 0.727. The number of hydrogen-bond donors (Lipinski definition) is 1. The monoisotopic (exact) mass is 208 g/mol. The second-order valence-electron chi connectivity index (χ2n) is 4.13. The van der Waals surface area contributed by atoms with E-state index in [0.717, 1.165) is 24.9 Å². The topological polar surface area (TPSA) is 28.4 Å². The average Bonchev–Trinajstić information content (AvgIpc) is 2.88. The molecule has 3 heteroatoms. The van der Waals surface area contributed by atoms with Gasteiger partial charge in [-0.25, -0.2) is 0 Å². The van der Waals surface area contributed by atoms with E-state index in [-0.39, 0.29) is 0 Å². The third-order valence-electron chi connectivity index (χ3n) is 3.16. The van der Waals surface area contributed by atoms with Gasteiger partial charge in [0.2, 0.25) is 0 Å². The lowest BCUT2D eigenvalue weighted by Crippen LogP contribution is -2.37. The van der Waals surface area contributed by atoms with Crippen molar-refractivity contribution in [2.45, 2.75) is 32.4 Å². The van der Waals surface area contributed by atoms with E-state index in [1.165, 1.54) is 25.9 Å². The molecule has 1 saturated heterocycles. The molecule has 15 heavy (non-hydrogen) atoms. The number of hydrogen-bond acceptors (Lipinski definition) is 3. The summed E-state index contributed by atoms with van der Waals surface area (Å²) in [6.45, 7) is 6.61. The molecule has 0 aliphatic carbocycles. The largest absolute Gasteiger partial charge is 0.468 e. The first kappa shape index (κ1) is 10.7. The van der Waals surface area contributed by atoms with Crippen molar-refractivity contribution in [1.82, 2.24) is 10.2 Å². The molecule has 2 rings (SSSR count). The van der Waals surface area contributed by atoms with Gasteiger partial charge in [-0.05, 0) is 38.1 Å². The summed E-state index contributed by atoms with van der Waals surface area (Å²) in [4.78, 5) is 2.55. The molecule has 0 amide bonds. The Morgan fingerprint density at radius 2 is 2.53 bits per heavy atom. The first-order valence-corrected chi connectivity index (χ1v) is 5.87. The Morgan fingerprint density at radius 3 is 3.27 bits per heavy atom. The number of nitrogens with one attached hydrogen (secondary N) is 1. The van der Waals surface area contributed by atoms with E-state index in [9.17, 15) is 0 Å². The SMILES string of the molecule is CCN1CCC[C@@H]1CNCc1ccco1. The van der Waals surface area contributed by atoms with Crippen molar-refractivity contribution in [2.75, 3.05) is 19.6 Å². The van der Waals surface area contributed by atoms with Crippen molar-refractivity contribution in [3.8, 4) is 0 Å². The molecule has 0 unspecified atom stereocenters. The van der Waals surface area contributed by atoms with Crippen LogP contribution in [0.5, 0.6) is 0 Å². The number of likely N-dealkylation sites (N-methyl/N-ethyl adjacent to an activating group) is 1. The molecule has 3 nitrogen and oxygen atoms in total. The van der Waals surface area contributed by atoms with Crippen molar-refractivity contribution in [1.29, 1.82) is 0 Å². The van der Waals surface area contributed by atoms with Gasteiger partial charge < -0.3 is 9.73 Å². The highest BCUT2D eigenvalue weighted by atomic mass is 16.3. The average molecular weight is 208 g/mol. The highest BCUT2D eigenvalue weighted by Gasteiger charge is 2.21. The van der Waals surface area contributed by atoms with E-state index < -0.39 is 0 Å². The second kappa shape index (κ2) is 5.33. The summed E-state index contributed by atoms with van der Waals surface area (Å²) in [5.74, 6) is 1.02. The number of likely N-dealkylation sites (tertiary alicyclic amines) is 1. The van der Waals surface area contributed by atoms with E-state index >= 15 is 0 Å². The zero-order valence-electron chi connectivity index (χ0n) is 9.41. The Hall–Kier alpha value is -0.800. The van der Waals surface area contributed by atoms with Gasteiger partial charge in [0.1, 0.15) is 5.76 Å². The number of furan rings is 1. The van der Waals surface area contributed by atoms with Crippen molar-refractivity contribution in [3.05, 3.63) is 24.2 Å². The summed E-state index contributed by atoms with van der Waals surface area (Å²) in [5.41, 5.74) is 0. The molecule has 0 spiro atoms. The van der Waals surface area contributed by atoms with Gasteiger partial charge in [-0.3, -0.25) is 4.90 Å². The lowest BCUT2D eigenvalue weighted by Gasteiger charge is -2.22. The fourth-order valence-electron chi connectivity index (χ4n) is 2.32. The second-order valence-corrected chi connectivity index (χ2v) is 4.13. The fraction of sp³-hybridized carbons (Fsp3) is 0.667. The molecule has 1 atom stereocenters. The van der Waals surface area contributed by atoms with Gasteiger partial charge in [0.15, 0.2) is 0 Å². The first-order valence-electron chi connectivity index (χ1n) is 5.87. The maximum absolute atomic E-state index is 5.28. The Labute approximate surface area is 91.4 Å². The van der Waals surface area contributed by atoms with E-state index in [4.69, 9.17) is 4.42 Å². The van der Waals surface area contributed by atoms with Crippen LogP contribution < -0.4 is 5.32 Å². The molecular formula is C12H20N2O. The summed E-state index contributed by atoms with van der Waals surface area (Å²) in [6.07, 6.45) is 4.41. The van der Waals surface area contributed by atoms with Gasteiger partial charge >= 0.3 is 0 Å². The molecule has 1 N–H and O–H groups in total. The minimum atomic E-state index is 0.727. The molecule has 1 aliphatic rings. The number of rotatable bonds is 5. The summed E-state index contributed by atoms with van der Waals surface area (Å²) in [5, 5.41) is 3.46. The Balaban J connectivity index is 1.69. The normalized spacial score (nSPS) is 22.3. The maximum atomic E-state index is 5.28. The summed E-state index contributed by atoms with van der Waals surface area (Å²) >= 11 is 0. The Morgan fingerprint density at radius 1 is 1.60 bits per heavy atom. The molecular weight excluding hydrogens is 188 g/mol. The molecule has 1 aromatic rings. The van der Waals surface area contributed by atoms with Crippen molar-refractivity contribution in [2.24, 2.45) is 0 Å². The predicted octanol–water partition coefficient (Wildman–Crippen LogP) is 1.85. The third kappa shape index (κ3) is 2.83. The number of nitrogens with zero attached hydrogens (tertiary/aromatic N) is 1. The zero-order chi connectivity index (χ0) is 10.5. The fourth-order valence-corrected chi connectivity index (χ4v) is 2.32. The standard InChI is InChI=1S/C12H20N2O/c1-2-14-7-3-5-11(14)9-13-10-12-6-4-8-15-12/h4,6,8,11,13H,2-3,5,7,9-10H2,1H3/t11-/m1/s1. The lowest BCUT2D eigenvalue weighted by molar-refractivity contribution is 0.258. The molecule has 84 valence electrons. The van der Waals surface area contributed by atoms with Gasteiger partial charge in [0.05, 0.1) is 12.8 Å². The molecule has 0 saturated carbocycles. The van der Waals surface area contributed by atoms with Crippen LogP contribution in [0.2, 0.25) is 0 Å². The molecule has 0 radical (unpaired) electrons. The Bertz CT molecular complexity index is 271.